The predicted octanol–water partition coefficient (Wildman–Crippen LogP) is 4.07. The van der Waals surface area contributed by atoms with Crippen molar-refractivity contribution in [3.05, 3.63) is 29.8 Å². The number of hydrogen-bond donors (Lipinski definition) is 1. The van der Waals surface area contributed by atoms with Gasteiger partial charge in [-0.05, 0) is 76.0 Å². The van der Waals surface area contributed by atoms with E-state index in [4.69, 9.17) is 5.14 Å². The maximum absolute atomic E-state index is 12.4. The first-order valence-corrected chi connectivity index (χ1v) is 13.4. The van der Waals surface area contributed by atoms with Crippen LogP contribution >= 0.6 is 0 Å². The first-order chi connectivity index (χ1) is 12.9. The molecule has 2 rings (SSSR count). The Hall–Kier alpha value is -0.920. The van der Waals surface area contributed by atoms with E-state index < -0.39 is 24.6 Å². The number of primary sulfonamides is 1. The Labute approximate surface area is 171 Å². The molecule has 160 valence electrons. The van der Waals surface area contributed by atoms with E-state index in [2.05, 4.69) is 0 Å². The van der Waals surface area contributed by atoms with Gasteiger partial charge in [0.25, 0.3) is 0 Å². The van der Waals surface area contributed by atoms with Gasteiger partial charge in [-0.3, -0.25) is 0 Å². The van der Waals surface area contributed by atoms with Gasteiger partial charge in [0.15, 0.2) is 9.84 Å². The topological polar surface area (TPSA) is 94.3 Å². The highest BCUT2D eigenvalue weighted by atomic mass is 32.2. The zero-order valence-electron chi connectivity index (χ0n) is 17.4. The second-order valence-electron chi connectivity index (χ2n) is 9.22. The van der Waals surface area contributed by atoms with Gasteiger partial charge in [0.05, 0.1) is 15.4 Å². The molecule has 0 bridgehead atoms. The van der Waals surface area contributed by atoms with Crippen molar-refractivity contribution >= 4 is 19.9 Å². The fourth-order valence-electron chi connectivity index (χ4n) is 3.86. The minimum Gasteiger partial charge on any atom is -0.228 e. The third-order valence-corrected chi connectivity index (χ3v) is 9.64. The fourth-order valence-corrected chi connectivity index (χ4v) is 5.82. The van der Waals surface area contributed by atoms with E-state index in [9.17, 15) is 16.8 Å². The van der Waals surface area contributed by atoms with Crippen molar-refractivity contribution in [3.63, 3.8) is 0 Å². The van der Waals surface area contributed by atoms with Gasteiger partial charge in [-0.15, -0.1) is 0 Å². The minimum atomic E-state index is -3.62. The summed E-state index contributed by atoms with van der Waals surface area (Å²) in [5.74, 6) is 1.36. The molecule has 0 spiro atoms. The van der Waals surface area contributed by atoms with Crippen molar-refractivity contribution < 1.29 is 16.8 Å². The van der Waals surface area contributed by atoms with Crippen LogP contribution in [-0.2, 0) is 26.3 Å². The first kappa shape index (κ1) is 23.4. The molecule has 1 aromatic carbocycles. The van der Waals surface area contributed by atoms with E-state index in [1.807, 2.05) is 12.1 Å². The molecule has 0 heterocycles. The summed E-state index contributed by atoms with van der Waals surface area (Å²) in [6.45, 7) is 5.36. The molecule has 0 amide bonds. The van der Waals surface area contributed by atoms with E-state index in [0.29, 0.717) is 17.6 Å². The monoisotopic (exact) mass is 429 g/mol. The molecule has 28 heavy (non-hydrogen) atoms. The van der Waals surface area contributed by atoms with Gasteiger partial charge in [-0.2, -0.15) is 0 Å². The Morgan fingerprint density at radius 2 is 1.43 bits per heavy atom. The summed E-state index contributed by atoms with van der Waals surface area (Å²) in [6, 6.07) is 6.80. The number of hydrogen-bond acceptors (Lipinski definition) is 4. The summed E-state index contributed by atoms with van der Waals surface area (Å²) in [5.41, 5.74) is 1.13. The molecule has 0 saturated heterocycles. The van der Waals surface area contributed by atoms with Crippen molar-refractivity contribution in [2.75, 3.05) is 5.75 Å². The number of nitrogens with two attached hydrogens (primary N) is 1. The van der Waals surface area contributed by atoms with Gasteiger partial charge in [0.2, 0.25) is 10.0 Å². The summed E-state index contributed by atoms with van der Waals surface area (Å²) in [7, 11) is -6.65. The van der Waals surface area contributed by atoms with Gasteiger partial charge in [-0.25, -0.2) is 22.0 Å². The number of aryl methyl sites for hydroxylation is 1. The summed E-state index contributed by atoms with van der Waals surface area (Å²) < 4.78 is 46.7. The largest absolute Gasteiger partial charge is 0.238 e. The molecule has 0 atom stereocenters. The molecule has 7 heteroatoms. The second-order valence-corrected chi connectivity index (χ2v) is 13.6. The lowest BCUT2D eigenvalue weighted by Crippen LogP contribution is -2.34. The van der Waals surface area contributed by atoms with Crippen LogP contribution < -0.4 is 5.14 Å². The van der Waals surface area contributed by atoms with Crippen molar-refractivity contribution in [1.29, 1.82) is 0 Å². The van der Waals surface area contributed by atoms with Crippen LogP contribution in [0.3, 0.4) is 0 Å². The lowest BCUT2D eigenvalue weighted by Gasteiger charge is -2.30. The summed E-state index contributed by atoms with van der Waals surface area (Å²) in [4.78, 5) is 0.154. The Balaban J connectivity index is 1.68. The van der Waals surface area contributed by atoms with Crippen molar-refractivity contribution in [2.45, 2.75) is 81.8 Å². The summed E-state index contributed by atoms with van der Waals surface area (Å²) >= 11 is 0. The molecule has 0 radical (unpaired) electrons. The lowest BCUT2D eigenvalue weighted by molar-refractivity contribution is 0.272. The third kappa shape index (κ3) is 6.85. The minimum absolute atomic E-state index is 0.154. The Bertz CT molecular complexity index is 829. The normalized spacial score (nSPS) is 21.6. The Morgan fingerprint density at radius 3 is 1.93 bits per heavy atom. The fraction of sp³-hybridized carbons (Fsp3) is 0.714. The van der Waals surface area contributed by atoms with E-state index in [1.165, 1.54) is 6.42 Å². The van der Waals surface area contributed by atoms with Crippen LogP contribution in [0.1, 0.15) is 71.3 Å². The average molecular weight is 430 g/mol. The second kappa shape index (κ2) is 9.26. The lowest BCUT2D eigenvalue weighted by atomic mass is 9.80. The van der Waals surface area contributed by atoms with Crippen molar-refractivity contribution in [1.82, 2.24) is 0 Å². The Kier molecular flexibility index (Phi) is 7.73. The van der Waals surface area contributed by atoms with Gasteiger partial charge in [0.1, 0.15) is 0 Å². The maximum atomic E-state index is 12.4. The van der Waals surface area contributed by atoms with Crippen LogP contribution in [0.15, 0.2) is 29.2 Å². The Morgan fingerprint density at radius 1 is 0.893 bits per heavy atom. The zero-order chi connectivity index (χ0) is 21.0. The molecule has 1 aliphatic carbocycles. The third-order valence-electron chi connectivity index (χ3n) is 5.93. The molecule has 0 unspecified atom stereocenters. The molecule has 0 aromatic heterocycles. The zero-order valence-corrected chi connectivity index (χ0v) is 19.0. The van der Waals surface area contributed by atoms with Gasteiger partial charge in [-0.1, -0.05) is 37.8 Å². The molecule has 1 saturated carbocycles. The molecule has 1 fully saturated rings. The SMILES string of the molecule is CC(C)(C)S(=O)(=O)CC1CCC(CCCCc2ccc(S(N)(=O)=O)cc2)CC1. The van der Waals surface area contributed by atoms with E-state index in [-0.39, 0.29) is 4.90 Å². The van der Waals surface area contributed by atoms with Crippen molar-refractivity contribution in [2.24, 2.45) is 17.0 Å². The van der Waals surface area contributed by atoms with Crippen LogP contribution in [0.25, 0.3) is 0 Å². The average Bonchev–Trinajstić information content (AvgIpc) is 2.58. The summed E-state index contributed by atoms with van der Waals surface area (Å²) in [5, 5.41) is 5.11. The molecule has 0 aliphatic heterocycles. The van der Waals surface area contributed by atoms with E-state index in [1.54, 1.807) is 32.9 Å². The number of rotatable bonds is 8. The number of benzene rings is 1. The van der Waals surface area contributed by atoms with E-state index >= 15 is 0 Å². The van der Waals surface area contributed by atoms with Gasteiger partial charge >= 0.3 is 0 Å². The molecule has 5 nitrogen and oxygen atoms in total. The number of unbranched alkanes of at least 4 members (excludes halogenated alkanes) is 1. The van der Waals surface area contributed by atoms with Crippen molar-refractivity contribution in [3.8, 4) is 0 Å². The highest BCUT2D eigenvalue weighted by Gasteiger charge is 2.33. The molecule has 1 aromatic rings. The van der Waals surface area contributed by atoms with E-state index in [0.717, 1.165) is 50.5 Å². The van der Waals surface area contributed by atoms with Crippen LogP contribution in [0.4, 0.5) is 0 Å². The predicted molar refractivity (Wildman–Crippen MR) is 114 cm³/mol. The van der Waals surface area contributed by atoms with Crippen LogP contribution in [0, 0.1) is 11.8 Å². The molecule has 2 N–H and O–H groups in total. The molecule has 1 aliphatic rings. The molecular weight excluding hydrogens is 394 g/mol. The van der Waals surface area contributed by atoms with Crippen LogP contribution in [0.5, 0.6) is 0 Å². The van der Waals surface area contributed by atoms with Crippen LogP contribution in [0.2, 0.25) is 0 Å². The number of sulfonamides is 1. The first-order valence-electron chi connectivity index (χ1n) is 10.2. The highest BCUT2D eigenvalue weighted by Crippen LogP contribution is 2.34. The smallest absolute Gasteiger partial charge is 0.228 e. The van der Waals surface area contributed by atoms with Gasteiger partial charge in [0, 0.05) is 0 Å². The maximum Gasteiger partial charge on any atom is 0.238 e. The molecular formula is C21H35NO4S2. The quantitative estimate of drug-likeness (QED) is 0.630. The van der Waals surface area contributed by atoms with Gasteiger partial charge < -0.3 is 0 Å². The summed E-state index contributed by atoms with van der Waals surface area (Å²) in [6.07, 6.45) is 8.66. The standard InChI is InChI=1S/C21H35NO4S2/c1-21(2,3)27(23,24)16-19-10-8-17(9-11-19)6-4-5-7-18-12-14-20(15-13-18)28(22,25)26/h12-15,17,19H,4-11,16H2,1-3H3,(H2,22,25,26). The number of sulfone groups is 1. The highest BCUT2D eigenvalue weighted by molar-refractivity contribution is 7.92. The van der Waals surface area contributed by atoms with Crippen LogP contribution in [-0.4, -0.2) is 27.3 Å².